The minimum atomic E-state index is 0.145. The number of nitrogens with zero attached hydrogens (tertiary/aromatic N) is 1. The van der Waals surface area contributed by atoms with Crippen molar-refractivity contribution < 1.29 is 9.53 Å². The van der Waals surface area contributed by atoms with Gasteiger partial charge in [0.2, 0.25) is 5.91 Å². The average Bonchev–Trinajstić information content (AvgIpc) is 2.41. The van der Waals surface area contributed by atoms with Gasteiger partial charge in [-0.3, -0.25) is 4.79 Å². The van der Waals surface area contributed by atoms with Gasteiger partial charge in [-0.25, -0.2) is 0 Å². The van der Waals surface area contributed by atoms with Crippen molar-refractivity contribution in [3.63, 3.8) is 0 Å². The molecule has 0 N–H and O–H groups in total. The largest absolute Gasteiger partial charge is 0.492 e. The molecule has 0 fully saturated rings. The van der Waals surface area contributed by atoms with Gasteiger partial charge in [0.05, 0.1) is 6.54 Å². The zero-order valence-electron chi connectivity index (χ0n) is 11.6. The van der Waals surface area contributed by atoms with E-state index in [1.54, 1.807) is 4.90 Å². The summed E-state index contributed by atoms with van der Waals surface area (Å²) in [5.41, 5.74) is 0. The zero-order valence-corrected chi connectivity index (χ0v) is 11.6. The molecule has 100 valence electrons. The summed E-state index contributed by atoms with van der Waals surface area (Å²) in [5.74, 6) is 1.21. The summed E-state index contributed by atoms with van der Waals surface area (Å²) in [6.07, 6.45) is 1.80. The number of likely N-dealkylation sites (N-methyl/N-ethyl adjacent to an activating group) is 1. The van der Waals surface area contributed by atoms with Crippen molar-refractivity contribution in [3.05, 3.63) is 30.3 Å². The maximum absolute atomic E-state index is 12.0. The van der Waals surface area contributed by atoms with Crippen LogP contribution in [0, 0.1) is 5.92 Å². The van der Waals surface area contributed by atoms with Crippen LogP contribution in [0.2, 0.25) is 0 Å². The fraction of sp³-hybridized carbons (Fsp3) is 0.533. The molecule has 0 aliphatic rings. The first kappa shape index (κ1) is 14.6. The van der Waals surface area contributed by atoms with Crippen LogP contribution < -0.4 is 4.74 Å². The Morgan fingerprint density at radius 3 is 2.39 bits per heavy atom. The summed E-state index contributed by atoms with van der Waals surface area (Å²) in [6, 6.07) is 9.67. The Morgan fingerprint density at radius 1 is 1.22 bits per heavy atom. The van der Waals surface area contributed by atoms with Crippen molar-refractivity contribution in [2.75, 3.05) is 20.2 Å². The Morgan fingerprint density at radius 2 is 1.83 bits per heavy atom. The molecule has 3 heteroatoms. The van der Waals surface area contributed by atoms with E-state index in [0.717, 1.165) is 18.6 Å². The van der Waals surface area contributed by atoms with Crippen LogP contribution in [0.4, 0.5) is 0 Å². The van der Waals surface area contributed by atoms with Crippen molar-refractivity contribution in [2.45, 2.75) is 26.7 Å². The van der Waals surface area contributed by atoms with Gasteiger partial charge < -0.3 is 9.64 Å². The van der Waals surface area contributed by atoms with E-state index in [-0.39, 0.29) is 11.8 Å². The van der Waals surface area contributed by atoms with Crippen LogP contribution in [-0.4, -0.2) is 31.0 Å². The van der Waals surface area contributed by atoms with Gasteiger partial charge in [-0.05, 0) is 25.0 Å². The Bertz CT molecular complexity index is 347. The Balaban J connectivity index is 2.33. The first-order valence-electron chi connectivity index (χ1n) is 6.61. The second kappa shape index (κ2) is 7.75. The van der Waals surface area contributed by atoms with E-state index < -0.39 is 0 Å². The summed E-state index contributed by atoms with van der Waals surface area (Å²) < 4.78 is 5.58. The van der Waals surface area contributed by atoms with Gasteiger partial charge in [-0.2, -0.15) is 0 Å². The summed E-state index contributed by atoms with van der Waals surface area (Å²) in [4.78, 5) is 13.8. The number of carbonyl (C=O) groups excluding carboxylic acids is 1. The highest BCUT2D eigenvalue weighted by molar-refractivity contribution is 5.78. The van der Waals surface area contributed by atoms with E-state index in [4.69, 9.17) is 4.74 Å². The van der Waals surface area contributed by atoms with Gasteiger partial charge in [0.25, 0.3) is 0 Å². The van der Waals surface area contributed by atoms with E-state index >= 15 is 0 Å². The lowest BCUT2D eigenvalue weighted by Crippen LogP contribution is -2.35. The third-order valence-electron chi connectivity index (χ3n) is 3.15. The lowest BCUT2D eigenvalue weighted by Gasteiger charge is -2.22. The van der Waals surface area contributed by atoms with Gasteiger partial charge in [0.15, 0.2) is 0 Å². The molecular formula is C15H23NO2. The normalized spacial score (nSPS) is 10.4. The van der Waals surface area contributed by atoms with Crippen LogP contribution in [0.25, 0.3) is 0 Å². The van der Waals surface area contributed by atoms with Crippen LogP contribution in [0.1, 0.15) is 26.7 Å². The number of hydrogen-bond donors (Lipinski definition) is 0. The smallest absolute Gasteiger partial charge is 0.225 e. The van der Waals surface area contributed by atoms with E-state index in [1.165, 1.54) is 0 Å². The van der Waals surface area contributed by atoms with Gasteiger partial charge in [0, 0.05) is 13.0 Å². The van der Waals surface area contributed by atoms with Crippen molar-refractivity contribution in [1.82, 2.24) is 4.90 Å². The highest BCUT2D eigenvalue weighted by Gasteiger charge is 2.17. The fourth-order valence-electron chi connectivity index (χ4n) is 1.88. The molecule has 0 saturated heterocycles. The lowest BCUT2D eigenvalue weighted by atomic mass is 10.0. The van der Waals surface area contributed by atoms with Crippen LogP contribution in [0.5, 0.6) is 5.75 Å². The molecule has 1 aromatic rings. The van der Waals surface area contributed by atoms with E-state index in [9.17, 15) is 4.79 Å². The number of para-hydroxylation sites is 1. The summed E-state index contributed by atoms with van der Waals surface area (Å²) in [5, 5.41) is 0. The van der Waals surface area contributed by atoms with Crippen LogP contribution in [0.3, 0.4) is 0 Å². The van der Waals surface area contributed by atoms with Crippen molar-refractivity contribution in [3.8, 4) is 5.75 Å². The first-order valence-corrected chi connectivity index (χ1v) is 6.61. The first-order chi connectivity index (χ1) is 8.69. The number of rotatable bonds is 7. The van der Waals surface area contributed by atoms with Crippen molar-refractivity contribution >= 4 is 5.91 Å². The second-order valence-electron chi connectivity index (χ2n) is 4.43. The third kappa shape index (κ3) is 4.40. The number of carbonyl (C=O) groups is 1. The average molecular weight is 249 g/mol. The standard InChI is InChI=1S/C15H23NO2/c1-4-13(5-2)15(17)16(3)11-12-18-14-9-7-6-8-10-14/h6-10,13H,4-5,11-12H2,1-3H3. The predicted octanol–water partition coefficient (Wildman–Crippen LogP) is 2.96. The number of amides is 1. The molecule has 0 atom stereocenters. The molecule has 1 amide bonds. The minimum absolute atomic E-state index is 0.145. The van der Waals surface area contributed by atoms with E-state index in [0.29, 0.717) is 13.2 Å². The zero-order chi connectivity index (χ0) is 13.4. The van der Waals surface area contributed by atoms with Crippen LogP contribution in [-0.2, 0) is 4.79 Å². The summed E-state index contributed by atoms with van der Waals surface area (Å²) in [7, 11) is 1.84. The molecule has 0 spiro atoms. The molecule has 3 nitrogen and oxygen atoms in total. The van der Waals surface area contributed by atoms with Crippen LogP contribution >= 0.6 is 0 Å². The van der Waals surface area contributed by atoms with Gasteiger partial charge >= 0.3 is 0 Å². The summed E-state index contributed by atoms with van der Waals surface area (Å²) in [6.45, 7) is 5.28. The molecule has 0 radical (unpaired) electrons. The highest BCUT2D eigenvalue weighted by atomic mass is 16.5. The Hall–Kier alpha value is -1.51. The molecule has 0 unspecified atom stereocenters. The van der Waals surface area contributed by atoms with E-state index in [1.807, 2.05) is 37.4 Å². The molecule has 1 rings (SSSR count). The molecule has 18 heavy (non-hydrogen) atoms. The molecular weight excluding hydrogens is 226 g/mol. The maximum atomic E-state index is 12.0. The summed E-state index contributed by atoms with van der Waals surface area (Å²) >= 11 is 0. The van der Waals surface area contributed by atoms with Crippen LogP contribution in [0.15, 0.2) is 30.3 Å². The van der Waals surface area contributed by atoms with Gasteiger partial charge in [-0.15, -0.1) is 0 Å². The van der Waals surface area contributed by atoms with Gasteiger partial charge in [0.1, 0.15) is 12.4 Å². The molecule has 0 heterocycles. The lowest BCUT2D eigenvalue weighted by molar-refractivity contribution is -0.134. The number of hydrogen-bond acceptors (Lipinski definition) is 2. The SMILES string of the molecule is CCC(CC)C(=O)N(C)CCOc1ccccc1. The minimum Gasteiger partial charge on any atom is -0.492 e. The maximum Gasteiger partial charge on any atom is 0.225 e. The molecule has 0 aliphatic heterocycles. The number of benzene rings is 1. The fourth-order valence-corrected chi connectivity index (χ4v) is 1.88. The predicted molar refractivity (Wildman–Crippen MR) is 73.6 cm³/mol. The molecule has 0 aliphatic carbocycles. The quantitative estimate of drug-likeness (QED) is 0.743. The Labute approximate surface area is 110 Å². The molecule has 0 saturated carbocycles. The Kier molecular flexibility index (Phi) is 6.26. The monoisotopic (exact) mass is 249 g/mol. The molecule has 0 bridgehead atoms. The van der Waals surface area contributed by atoms with Crippen molar-refractivity contribution in [2.24, 2.45) is 5.92 Å². The van der Waals surface area contributed by atoms with Gasteiger partial charge in [-0.1, -0.05) is 32.0 Å². The third-order valence-corrected chi connectivity index (χ3v) is 3.15. The second-order valence-corrected chi connectivity index (χ2v) is 4.43. The van der Waals surface area contributed by atoms with E-state index in [2.05, 4.69) is 13.8 Å². The highest BCUT2D eigenvalue weighted by Crippen LogP contribution is 2.11. The van der Waals surface area contributed by atoms with Crippen molar-refractivity contribution in [1.29, 1.82) is 0 Å². The molecule has 0 aromatic heterocycles. The molecule has 1 aromatic carbocycles. The number of ether oxygens (including phenoxy) is 1. The topological polar surface area (TPSA) is 29.5 Å².